The predicted octanol–water partition coefficient (Wildman–Crippen LogP) is 2.05. The molecule has 1 N–H and O–H groups in total. The summed E-state index contributed by atoms with van der Waals surface area (Å²) in [5.74, 6) is -3.24. The van der Waals surface area contributed by atoms with Crippen LogP contribution in [0.25, 0.3) is 0 Å². The zero-order chi connectivity index (χ0) is 8.48. The van der Waals surface area contributed by atoms with Gasteiger partial charge < -0.3 is 5.11 Å². The minimum absolute atomic E-state index is 0.0949. The molecule has 1 saturated carbocycles. The number of hydrogen-bond donors (Lipinski definition) is 1. The van der Waals surface area contributed by atoms with Gasteiger partial charge in [0.1, 0.15) is 0 Å². The first-order chi connectivity index (χ1) is 5.06. The molecule has 0 saturated heterocycles. The molecule has 1 nitrogen and oxygen atoms in total. The van der Waals surface area contributed by atoms with E-state index in [1.165, 1.54) is 0 Å². The van der Waals surface area contributed by atoms with E-state index >= 15 is 0 Å². The van der Waals surface area contributed by atoms with Crippen LogP contribution < -0.4 is 0 Å². The average molecular weight is 164 g/mol. The van der Waals surface area contributed by atoms with Gasteiger partial charge in [-0.15, -0.1) is 0 Å². The fourth-order valence-electron chi connectivity index (χ4n) is 1.54. The Kier molecular flexibility index (Phi) is 2.47. The summed E-state index contributed by atoms with van der Waals surface area (Å²) in [6.45, 7) is 1.48. The molecular formula is C8H14F2O. The number of rotatable bonds is 1. The molecule has 0 aromatic heterocycles. The Balaban J connectivity index is 2.52. The lowest BCUT2D eigenvalue weighted by Crippen LogP contribution is -2.35. The van der Waals surface area contributed by atoms with E-state index in [0.717, 1.165) is 6.42 Å². The maximum Gasteiger partial charge on any atom is 0.251 e. The summed E-state index contributed by atoms with van der Waals surface area (Å²) in [5, 5.41) is 8.68. The van der Waals surface area contributed by atoms with Crippen LogP contribution >= 0.6 is 0 Å². The molecule has 1 rings (SSSR count). The monoisotopic (exact) mass is 164 g/mol. The molecule has 1 aliphatic rings. The molecule has 2 atom stereocenters. The largest absolute Gasteiger partial charge is 0.396 e. The van der Waals surface area contributed by atoms with Gasteiger partial charge in [0, 0.05) is 18.9 Å². The molecule has 0 aromatic rings. The van der Waals surface area contributed by atoms with Gasteiger partial charge >= 0.3 is 0 Å². The molecule has 66 valence electrons. The molecule has 1 fully saturated rings. The summed E-state index contributed by atoms with van der Waals surface area (Å²) in [6.07, 6.45) is 1.15. The van der Waals surface area contributed by atoms with Crippen molar-refractivity contribution >= 4 is 0 Å². The molecule has 11 heavy (non-hydrogen) atoms. The fourth-order valence-corrected chi connectivity index (χ4v) is 1.54. The Morgan fingerprint density at radius 3 is 2.55 bits per heavy atom. The van der Waals surface area contributed by atoms with Crippen LogP contribution in [0.1, 0.15) is 26.2 Å². The highest BCUT2D eigenvalue weighted by Gasteiger charge is 2.41. The van der Waals surface area contributed by atoms with Crippen LogP contribution in [-0.4, -0.2) is 17.6 Å². The summed E-state index contributed by atoms with van der Waals surface area (Å²) in [7, 11) is 0. The maximum atomic E-state index is 12.9. The second-order valence-electron chi connectivity index (χ2n) is 3.49. The molecule has 0 radical (unpaired) electrons. The van der Waals surface area contributed by atoms with E-state index in [2.05, 4.69) is 0 Å². The first-order valence-corrected chi connectivity index (χ1v) is 4.05. The highest BCUT2D eigenvalue weighted by atomic mass is 19.3. The Morgan fingerprint density at radius 1 is 1.45 bits per heavy atom. The van der Waals surface area contributed by atoms with Crippen molar-refractivity contribution in [1.82, 2.24) is 0 Å². The van der Waals surface area contributed by atoms with Gasteiger partial charge in [-0.05, 0) is 18.8 Å². The molecule has 3 heteroatoms. The lowest BCUT2D eigenvalue weighted by Gasteiger charge is -2.33. The van der Waals surface area contributed by atoms with Crippen LogP contribution in [0.2, 0.25) is 0 Å². The number of aliphatic hydroxyl groups is 1. The van der Waals surface area contributed by atoms with E-state index in [0.29, 0.717) is 6.42 Å². The van der Waals surface area contributed by atoms with Gasteiger partial charge in [0.15, 0.2) is 0 Å². The number of alkyl halides is 2. The van der Waals surface area contributed by atoms with Crippen molar-refractivity contribution in [3.63, 3.8) is 0 Å². The molecule has 0 aliphatic heterocycles. The second kappa shape index (κ2) is 3.05. The summed E-state index contributed by atoms with van der Waals surface area (Å²) in [6, 6.07) is 0. The van der Waals surface area contributed by atoms with E-state index in [1.54, 1.807) is 6.92 Å². The van der Waals surface area contributed by atoms with E-state index < -0.39 is 11.8 Å². The van der Waals surface area contributed by atoms with E-state index in [4.69, 9.17) is 5.11 Å². The molecule has 0 bridgehead atoms. The molecular weight excluding hydrogens is 150 g/mol. The van der Waals surface area contributed by atoms with Gasteiger partial charge in [-0.1, -0.05) is 6.92 Å². The van der Waals surface area contributed by atoms with Crippen molar-refractivity contribution in [3.8, 4) is 0 Å². The second-order valence-corrected chi connectivity index (χ2v) is 3.49. The smallest absolute Gasteiger partial charge is 0.251 e. The van der Waals surface area contributed by atoms with Gasteiger partial charge in [-0.3, -0.25) is 0 Å². The highest BCUT2D eigenvalue weighted by Crippen LogP contribution is 2.40. The van der Waals surface area contributed by atoms with Gasteiger partial charge in [0.25, 0.3) is 5.92 Å². The van der Waals surface area contributed by atoms with Crippen LogP contribution in [0.3, 0.4) is 0 Å². The van der Waals surface area contributed by atoms with E-state index in [1.807, 2.05) is 0 Å². The number of aliphatic hydroxyl groups excluding tert-OH is 1. The van der Waals surface area contributed by atoms with Crippen molar-refractivity contribution in [1.29, 1.82) is 0 Å². The summed E-state index contributed by atoms with van der Waals surface area (Å²) >= 11 is 0. The van der Waals surface area contributed by atoms with Crippen LogP contribution in [0.15, 0.2) is 0 Å². The third-order valence-electron chi connectivity index (χ3n) is 2.55. The average Bonchev–Trinajstić information content (AvgIpc) is 1.95. The Labute approximate surface area is 65.4 Å². The van der Waals surface area contributed by atoms with Crippen molar-refractivity contribution in [2.24, 2.45) is 11.8 Å². The SMILES string of the molecule is CC1CCC(CO)CC1(F)F. The lowest BCUT2D eigenvalue weighted by molar-refractivity contribution is -0.101. The lowest BCUT2D eigenvalue weighted by atomic mass is 9.80. The highest BCUT2D eigenvalue weighted by molar-refractivity contribution is 4.83. The third kappa shape index (κ3) is 1.89. The van der Waals surface area contributed by atoms with Gasteiger partial charge in [-0.2, -0.15) is 0 Å². The number of hydrogen-bond acceptors (Lipinski definition) is 1. The Hall–Kier alpha value is -0.180. The standard InChI is InChI=1S/C8H14F2O/c1-6-2-3-7(5-11)4-8(6,9)10/h6-7,11H,2-5H2,1H3. The molecule has 0 aromatic carbocycles. The summed E-state index contributed by atoms with van der Waals surface area (Å²) in [4.78, 5) is 0. The normalized spacial score (nSPS) is 37.1. The summed E-state index contributed by atoms with van der Waals surface area (Å²) < 4.78 is 25.8. The first-order valence-electron chi connectivity index (χ1n) is 4.05. The van der Waals surface area contributed by atoms with Crippen LogP contribution in [0.5, 0.6) is 0 Å². The van der Waals surface area contributed by atoms with Gasteiger partial charge in [-0.25, -0.2) is 8.78 Å². The third-order valence-corrected chi connectivity index (χ3v) is 2.55. The minimum atomic E-state index is -2.55. The molecule has 0 heterocycles. The quantitative estimate of drug-likeness (QED) is 0.628. The van der Waals surface area contributed by atoms with Crippen molar-refractivity contribution in [2.45, 2.75) is 32.1 Å². The molecule has 2 unspecified atom stereocenters. The molecule has 0 amide bonds. The first kappa shape index (κ1) is 8.91. The van der Waals surface area contributed by atoms with Crippen LogP contribution in [0.4, 0.5) is 8.78 Å². The Bertz CT molecular complexity index is 136. The van der Waals surface area contributed by atoms with Gasteiger partial charge in [0.05, 0.1) is 0 Å². The minimum Gasteiger partial charge on any atom is -0.396 e. The van der Waals surface area contributed by atoms with Crippen molar-refractivity contribution in [3.05, 3.63) is 0 Å². The molecule has 0 spiro atoms. The maximum absolute atomic E-state index is 12.9. The van der Waals surface area contributed by atoms with Crippen molar-refractivity contribution < 1.29 is 13.9 Å². The van der Waals surface area contributed by atoms with Crippen molar-refractivity contribution in [2.75, 3.05) is 6.61 Å². The number of halogens is 2. The fraction of sp³-hybridized carbons (Fsp3) is 1.00. The zero-order valence-electron chi connectivity index (χ0n) is 6.69. The topological polar surface area (TPSA) is 20.2 Å². The van der Waals surface area contributed by atoms with Crippen LogP contribution in [0, 0.1) is 11.8 Å². The van der Waals surface area contributed by atoms with E-state index in [-0.39, 0.29) is 18.9 Å². The Morgan fingerprint density at radius 2 is 2.09 bits per heavy atom. The van der Waals surface area contributed by atoms with Gasteiger partial charge in [0.2, 0.25) is 0 Å². The zero-order valence-corrected chi connectivity index (χ0v) is 6.69. The summed E-state index contributed by atoms with van der Waals surface area (Å²) in [5.41, 5.74) is 0. The van der Waals surface area contributed by atoms with E-state index in [9.17, 15) is 8.78 Å². The predicted molar refractivity (Wildman–Crippen MR) is 38.5 cm³/mol. The van der Waals surface area contributed by atoms with Crippen LogP contribution in [-0.2, 0) is 0 Å². The molecule has 1 aliphatic carbocycles.